The lowest BCUT2D eigenvalue weighted by atomic mass is 9.85. The van der Waals surface area contributed by atoms with Crippen molar-refractivity contribution in [2.75, 3.05) is 13.2 Å². The number of hydrogen-bond acceptors (Lipinski definition) is 2. The Kier molecular flexibility index (Phi) is 5.03. The molecule has 1 aliphatic rings. The van der Waals surface area contributed by atoms with Crippen LogP contribution in [0.5, 0.6) is 0 Å². The van der Waals surface area contributed by atoms with E-state index in [1.807, 2.05) is 29.2 Å². The van der Waals surface area contributed by atoms with Crippen LogP contribution in [0.4, 0.5) is 0 Å². The molecule has 1 N–H and O–H groups in total. The predicted molar refractivity (Wildman–Crippen MR) is 83.5 cm³/mol. The first-order chi connectivity index (χ1) is 10.0. The highest BCUT2D eigenvalue weighted by Crippen LogP contribution is 2.30. The zero-order valence-corrected chi connectivity index (χ0v) is 12.9. The van der Waals surface area contributed by atoms with E-state index < -0.39 is 0 Å². The quantitative estimate of drug-likeness (QED) is 0.848. The summed E-state index contributed by atoms with van der Waals surface area (Å²) >= 11 is 0. The summed E-state index contributed by atoms with van der Waals surface area (Å²) in [7, 11) is 0. The molecule has 1 heterocycles. The third kappa shape index (κ3) is 4.34. The molecule has 1 fully saturated rings. The highest BCUT2D eigenvalue weighted by Gasteiger charge is 2.27. The van der Waals surface area contributed by atoms with E-state index in [0.29, 0.717) is 13.0 Å². The summed E-state index contributed by atoms with van der Waals surface area (Å²) < 4.78 is 0. The van der Waals surface area contributed by atoms with E-state index in [0.717, 1.165) is 30.5 Å². The summed E-state index contributed by atoms with van der Waals surface area (Å²) in [6.45, 7) is 5.71. The zero-order chi connectivity index (χ0) is 15.3. The van der Waals surface area contributed by atoms with Gasteiger partial charge in [-0.1, -0.05) is 43.9 Å². The molecule has 21 heavy (non-hydrogen) atoms. The van der Waals surface area contributed by atoms with Crippen LogP contribution in [-0.4, -0.2) is 29.1 Å². The minimum atomic E-state index is -0.148. The lowest BCUT2D eigenvalue weighted by Crippen LogP contribution is -2.30. The molecule has 3 nitrogen and oxygen atoms in total. The molecule has 0 atom stereocenters. The molecule has 1 aliphatic heterocycles. The molecule has 2 rings (SSSR count). The van der Waals surface area contributed by atoms with E-state index in [1.54, 1.807) is 0 Å². The first kappa shape index (κ1) is 15.6. The summed E-state index contributed by atoms with van der Waals surface area (Å²) in [4.78, 5) is 14.2. The highest BCUT2D eigenvalue weighted by atomic mass is 16.2. The molecule has 1 amide bonds. The SMILES string of the molecule is CC1(C)CCC(=O)N(Cc2ccccc2C#CCO)CC1. The first-order valence-electron chi connectivity index (χ1n) is 7.47. The summed E-state index contributed by atoms with van der Waals surface area (Å²) in [6.07, 6.45) is 2.61. The Hall–Kier alpha value is -1.79. The van der Waals surface area contributed by atoms with Gasteiger partial charge in [0, 0.05) is 25.1 Å². The van der Waals surface area contributed by atoms with Crippen molar-refractivity contribution in [3.8, 4) is 11.8 Å². The molecular weight excluding hydrogens is 262 g/mol. The van der Waals surface area contributed by atoms with E-state index >= 15 is 0 Å². The summed E-state index contributed by atoms with van der Waals surface area (Å²) in [5, 5.41) is 8.84. The second-order valence-electron chi connectivity index (χ2n) is 6.35. The Bertz CT molecular complexity index is 566. The molecule has 112 valence electrons. The molecule has 1 saturated heterocycles. The average molecular weight is 285 g/mol. The Balaban J connectivity index is 2.16. The Morgan fingerprint density at radius 3 is 2.81 bits per heavy atom. The molecule has 0 aromatic heterocycles. The first-order valence-corrected chi connectivity index (χ1v) is 7.47. The number of aliphatic hydroxyl groups excluding tert-OH is 1. The maximum atomic E-state index is 12.3. The van der Waals surface area contributed by atoms with Crippen molar-refractivity contribution < 1.29 is 9.90 Å². The average Bonchev–Trinajstić information content (AvgIpc) is 2.59. The Morgan fingerprint density at radius 1 is 1.29 bits per heavy atom. The number of benzene rings is 1. The number of amides is 1. The van der Waals surface area contributed by atoms with Gasteiger partial charge in [-0.15, -0.1) is 0 Å². The van der Waals surface area contributed by atoms with Gasteiger partial charge in [0.1, 0.15) is 6.61 Å². The molecule has 1 aromatic rings. The largest absolute Gasteiger partial charge is 0.384 e. The van der Waals surface area contributed by atoms with E-state index in [1.165, 1.54) is 0 Å². The Morgan fingerprint density at radius 2 is 2.05 bits per heavy atom. The van der Waals surface area contributed by atoms with Crippen molar-refractivity contribution in [1.29, 1.82) is 0 Å². The summed E-state index contributed by atoms with van der Waals surface area (Å²) in [5.41, 5.74) is 2.18. The van der Waals surface area contributed by atoms with Gasteiger partial charge in [-0.05, 0) is 29.9 Å². The van der Waals surface area contributed by atoms with Gasteiger partial charge in [-0.3, -0.25) is 4.79 Å². The predicted octanol–water partition coefficient (Wildman–Crippen LogP) is 2.57. The maximum Gasteiger partial charge on any atom is 0.222 e. The Labute approximate surface area is 127 Å². The smallest absolute Gasteiger partial charge is 0.222 e. The van der Waals surface area contributed by atoms with Crippen molar-refractivity contribution in [2.45, 2.75) is 39.7 Å². The number of carbonyl (C=O) groups is 1. The number of carbonyl (C=O) groups excluding carboxylic acids is 1. The van der Waals surface area contributed by atoms with Crippen LogP contribution in [0.1, 0.15) is 44.2 Å². The third-order valence-corrected chi connectivity index (χ3v) is 4.11. The monoisotopic (exact) mass is 285 g/mol. The van der Waals surface area contributed by atoms with E-state index in [9.17, 15) is 4.79 Å². The standard InChI is InChI=1S/C18H23NO2/c1-18(2)10-9-17(21)19(12-11-18)14-16-7-4-3-6-15(16)8-5-13-20/h3-4,6-7,20H,9-14H2,1-2H3. The van der Waals surface area contributed by atoms with Gasteiger partial charge in [0.2, 0.25) is 5.91 Å². The highest BCUT2D eigenvalue weighted by molar-refractivity contribution is 5.76. The molecule has 0 radical (unpaired) electrons. The van der Waals surface area contributed by atoms with Gasteiger partial charge >= 0.3 is 0 Å². The minimum Gasteiger partial charge on any atom is -0.384 e. The van der Waals surface area contributed by atoms with Gasteiger partial charge in [0.15, 0.2) is 0 Å². The van der Waals surface area contributed by atoms with Crippen molar-refractivity contribution in [1.82, 2.24) is 4.90 Å². The van der Waals surface area contributed by atoms with Crippen molar-refractivity contribution in [3.63, 3.8) is 0 Å². The van der Waals surface area contributed by atoms with Crippen LogP contribution in [0.3, 0.4) is 0 Å². The molecule has 0 aliphatic carbocycles. The fourth-order valence-electron chi connectivity index (χ4n) is 2.58. The maximum absolute atomic E-state index is 12.3. The van der Waals surface area contributed by atoms with Crippen LogP contribution in [0.25, 0.3) is 0 Å². The molecule has 3 heteroatoms. The van der Waals surface area contributed by atoms with Crippen LogP contribution < -0.4 is 0 Å². The molecule has 0 unspecified atom stereocenters. The number of nitrogens with zero attached hydrogens (tertiary/aromatic N) is 1. The molecule has 0 bridgehead atoms. The second kappa shape index (κ2) is 6.78. The van der Waals surface area contributed by atoms with Crippen LogP contribution in [0, 0.1) is 17.3 Å². The number of aliphatic hydroxyl groups is 1. The van der Waals surface area contributed by atoms with Crippen molar-refractivity contribution in [3.05, 3.63) is 35.4 Å². The molecule has 0 saturated carbocycles. The van der Waals surface area contributed by atoms with Crippen LogP contribution in [-0.2, 0) is 11.3 Å². The van der Waals surface area contributed by atoms with Crippen LogP contribution >= 0.6 is 0 Å². The molecular formula is C18H23NO2. The third-order valence-electron chi connectivity index (χ3n) is 4.11. The molecule has 0 spiro atoms. The lowest BCUT2D eigenvalue weighted by molar-refractivity contribution is -0.131. The topological polar surface area (TPSA) is 40.5 Å². The molecule has 1 aromatic carbocycles. The fraction of sp³-hybridized carbons (Fsp3) is 0.500. The number of rotatable bonds is 2. The minimum absolute atomic E-state index is 0.148. The summed E-state index contributed by atoms with van der Waals surface area (Å²) in [5.74, 6) is 5.87. The zero-order valence-electron chi connectivity index (χ0n) is 12.9. The van der Waals surface area contributed by atoms with E-state index in [4.69, 9.17) is 5.11 Å². The van der Waals surface area contributed by atoms with Gasteiger partial charge in [-0.2, -0.15) is 0 Å². The van der Waals surface area contributed by atoms with Gasteiger partial charge in [-0.25, -0.2) is 0 Å². The van der Waals surface area contributed by atoms with E-state index in [-0.39, 0.29) is 17.9 Å². The van der Waals surface area contributed by atoms with E-state index in [2.05, 4.69) is 25.7 Å². The van der Waals surface area contributed by atoms with Gasteiger partial charge < -0.3 is 10.0 Å². The van der Waals surface area contributed by atoms with Gasteiger partial charge in [0.25, 0.3) is 0 Å². The van der Waals surface area contributed by atoms with Crippen LogP contribution in [0.2, 0.25) is 0 Å². The lowest BCUT2D eigenvalue weighted by Gasteiger charge is -2.24. The fourth-order valence-corrected chi connectivity index (χ4v) is 2.58. The second-order valence-corrected chi connectivity index (χ2v) is 6.35. The summed E-state index contributed by atoms with van der Waals surface area (Å²) in [6, 6.07) is 7.83. The van der Waals surface area contributed by atoms with Crippen molar-refractivity contribution >= 4 is 5.91 Å². The van der Waals surface area contributed by atoms with Crippen LogP contribution in [0.15, 0.2) is 24.3 Å². The normalized spacial score (nSPS) is 17.9. The van der Waals surface area contributed by atoms with Gasteiger partial charge in [0.05, 0.1) is 0 Å². The number of hydrogen-bond donors (Lipinski definition) is 1. The van der Waals surface area contributed by atoms with Crippen molar-refractivity contribution in [2.24, 2.45) is 5.41 Å². The number of likely N-dealkylation sites (tertiary alicyclic amines) is 1.